The van der Waals surface area contributed by atoms with Gasteiger partial charge in [0.2, 0.25) is 5.95 Å². The molecule has 0 spiro atoms. The normalized spacial score (nSPS) is 36.6. The lowest BCUT2D eigenvalue weighted by Gasteiger charge is -2.59. The number of aromatic nitrogens is 2. The molecule has 0 radical (unpaired) electrons. The average molecular weight is 522 g/mol. The summed E-state index contributed by atoms with van der Waals surface area (Å²) in [7, 11) is 0. The number of aliphatic hydroxyl groups excluding tert-OH is 3. The van der Waals surface area contributed by atoms with Gasteiger partial charge in [-0.25, -0.2) is 14.8 Å². The standard InChI is InChI=1S/C30H39N3O5/c1-19-6-9-25-29(2,11-10-26(36)30(25,3)18-35)24(19)8-7-21-14-23(38-27(21)37)13-20-15-31-28(32-16-20)33-12-4-5-22(33)17-34/h7-8,13-16,22,24-26,34-36H,1,4-6,9-12,17-18H2,2-3H3/t22?,24?,25?,26-,29-,30+/m1/s1. The second-order valence-electron chi connectivity index (χ2n) is 11.8. The van der Waals surface area contributed by atoms with Crippen LogP contribution in [0.15, 0.2) is 54.1 Å². The number of fused-ring (bicyclic) bond motifs is 1. The van der Waals surface area contributed by atoms with E-state index in [0.717, 1.165) is 49.8 Å². The maximum atomic E-state index is 12.6. The van der Waals surface area contributed by atoms with E-state index >= 15 is 0 Å². The average Bonchev–Trinajstić information content (AvgIpc) is 3.52. The number of cyclic esters (lactones) is 1. The van der Waals surface area contributed by atoms with Gasteiger partial charge in [-0.05, 0) is 62.0 Å². The Bertz CT molecular complexity index is 1170. The number of hydrogen-bond donors (Lipinski definition) is 3. The summed E-state index contributed by atoms with van der Waals surface area (Å²) in [5.41, 5.74) is 1.60. The molecule has 38 heavy (non-hydrogen) atoms. The first-order valence-corrected chi connectivity index (χ1v) is 13.7. The molecule has 3 unspecified atom stereocenters. The third kappa shape index (κ3) is 4.63. The molecule has 0 bridgehead atoms. The van der Waals surface area contributed by atoms with E-state index in [9.17, 15) is 20.1 Å². The highest BCUT2D eigenvalue weighted by Crippen LogP contribution is 2.61. The van der Waals surface area contributed by atoms with Crippen molar-refractivity contribution in [2.24, 2.45) is 22.7 Å². The SMILES string of the molecule is C=C1CCC2[C@](C)(CC[C@@H](O)[C@@]2(C)CO)C1C=CC1=CC(=Cc2cnc(N3CCCC3CO)nc2)OC1=O. The van der Waals surface area contributed by atoms with Crippen LogP contribution in [0.1, 0.15) is 57.9 Å². The second-order valence-corrected chi connectivity index (χ2v) is 11.8. The highest BCUT2D eigenvalue weighted by Gasteiger charge is 2.57. The molecule has 1 aromatic rings. The number of nitrogens with zero attached hydrogens (tertiary/aromatic N) is 3. The molecule has 6 atom stereocenters. The molecule has 3 heterocycles. The van der Waals surface area contributed by atoms with E-state index < -0.39 is 17.5 Å². The highest BCUT2D eigenvalue weighted by atomic mass is 16.5. The lowest BCUT2D eigenvalue weighted by atomic mass is 9.46. The maximum Gasteiger partial charge on any atom is 0.343 e. The van der Waals surface area contributed by atoms with Crippen LogP contribution in [0.4, 0.5) is 5.95 Å². The molecule has 2 aliphatic carbocycles. The summed E-state index contributed by atoms with van der Waals surface area (Å²) >= 11 is 0. The Morgan fingerprint density at radius 1 is 1.21 bits per heavy atom. The summed E-state index contributed by atoms with van der Waals surface area (Å²) < 4.78 is 5.50. The van der Waals surface area contributed by atoms with E-state index in [1.165, 1.54) is 0 Å². The molecule has 5 rings (SSSR count). The third-order valence-corrected chi connectivity index (χ3v) is 9.58. The van der Waals surface area contributed by atoms with Crippen molar-refractivity contribution in [3.05, 3.63) is 59.7 Å². The van der Waals surface area contributed by atoms with Gasteiger partial charge in [0.15, 0.2) is 0 Å². The van der Waals surface area contributed by atoms with Gasteiger partial charge < -0.3 is 25.0 Å². The highest BCUT2D eigenvalue weighted by molar-refractivity contribution is 5.96. The summed E-state index contributed by atoms with van der Waals surface area (Å²) in [4.78, 5) is 23.6. The number of esters is 1. The molecule has 2 aliphatic heterocycles. The summed E-state index contributed by atoms with van der Waals surface area (Å²) in [5, 5.41) is 30.5. The van der Waals surface area contributed by atoms with Gasteiger partial charge in [0, 0.05) is 35.8 Å². The van der Waals surface area contributed by atoms with Gasteiger partial charge in [-0.1, -0.05) is 38.2 Å². The summed E-state index contributed by atoms with van der Waals surface area (Å²) in [5.74, 6) is 0.810. The molecule has 1 saturated heterocycles. The largest absolute Gasteiger partial charge is 0.423 e. The van der Waals surface area contributed by atoms with Crippen LogP contribution < -0.4 is 4.90 Å². The minimum Gasteiger partial charge on any atom is -0.423 e. The van der Waals surface area contributed by atoms with E-state index in [0.29, 0.717) is 23.7 Å². The van der Waals surface area contributed by atoms with Gasteiger partial charge in [-0.15, -0.1) is 0 Å². The molecular weight excluding hydrogens is 482 g/mol. The van der Waals surface area contributed by atoms with Crippen LogP contribution in [0.25, 0.3) is 6.08 Å². The molecule has 2 saturated carbocycles. The number of hydrogen-bond acceptors (Lipinski definition) is 8. The minimum atomic E-state index is -0.549. The first-order chi connectivity index (χ1) is 18.2. The lowest BCUT2D eigenvalue weighted by molar-refractivity contribution is -0.145. The predicted octanol–water partition coefficient (Wildman–Crippen LogP) is 3.56. The van der Waals surface area contributed by atoms with Crippen LogP contribution in [-0.4, -0.2) is 63.2 Å². The molecule has 4 aliphatic rings. The quantitative estimate of drug-likeness (QED) is 0.384. The molecule has 1 aromatic heterocycles. The van der Waals surface area contributed by atoms with Crippen LogP contribution in [0.2, 0.25) is 0 Å². The fraction of sp³-hybridized carbons (Fsp3) is 0.567. The Balaban J connectivity index is 1.33. The topological polar surface area (TPSA) is 116 Å². The third-order valence-electron chi connectivity index (χ3n) is 9.58. The first kappa shape index (κ1) is 26.8. The first-order valence-electron chi connectivity index (χ1n) is 13.7. The minimum absolute atomic E-state index is 0.0376. The molecule has 3 N–H and O–H groups in total. The summed E-state index contributed by atoms with van der Waals surface area (Å²) in [6, 6.07) is 0.0566. The van der Waals surface area contributed by atoms with E-state index in [1.807, 2.05) is 17.9 Å². The van der Waals surface area contributed by atoms with Crippen molar-refractivity contribution in [3.63, 3.8) is 0 Å². The van der Waals surface area contributed by atoms with Gasteiger partial charge in [0.25, 0.3) is 0 Å². The van der Waals surface area contributed by atoms with Crippen LogP contribution >= 0.6 is 0 Å². The number of carbonyl (C=O) groups is 1. The van der Waals surface area contributed by atoms with Gasteiger partial charge in [-0.2, -0.15) is 0 Å². The Morgan fingerprint density at radius 3 is 2.68 bits per heavy atom. The lowest BCUT2D eigenvalue weighted by Crippen LogP contribution is -2.57. The van der Waals surface area contributed by atoms with Crippen molar-refractivity contribution < 1.29 is 24.9 Å². The fourth-order valence-electron chi connectivity index (χ4n) is 7.29. The van der Waals surface area contributed by atoms with Crippen molar-refractivity contribution in [2.45, 2.75) is 64.5 Å². The van der Waals surface area contributed by atoms with Gasteiger partial charge in [0.05, 0.1) is 30.9 Å². The molecule has 204 valence electrons. The number of ether oxygens (including phenoxy) is 1. The van der Waals surface area contributed by atoms with Crippen LogP contribution in [-0.2, 0) is 9.53 Å². The van der Waals surface area contributed by atoms with Crippen molar-refractivity contribution >= 4 is 18.0 Å². The number of rotatable bonds is 6. The van der Waals surface area contributed by atoms with Gasteiger partial charge >= 0.3 is 5.97 Å². The zero-order chi connectivity index (χ0) is 27.1. The van der Waals surface area contributed by atoms with E-state index in [1.54, 1.807) is 24.5 Å². The maximum absolute atomic E-state index is 12.6. The zero-order valence-corrected chi connectivity index (χ0v) is 22.3. The molecule has 0 amide bonds. The number of carbonyl (C=O) groups excluding carboxylic acids is 1. The number of allylic oxidation sites excluding steroid dienone is 3. The zero-order valence-electron chi connectivity index (χ0n) is 22.3. The van der Waals surface area contributed by atoms with Crippen molar-refractivity contribution in [1.82, 2.24) is 9.97 Å². The molecular formula is C30H39N3O5. The Morgan fingerprint density at radius 2 is 1.97 bits per heavy atom. The Hall–Kier alpha value is -2.81. The van der Waals surface area contributed by atoms with E-state index in [2.05, 4.69) is 29.5 Å². The van der Waals surface area contributed by atoms with Crippen LogP contribution in [0.3, 0.4) is 0 Å². The number of anilines is 1. The van der Waals surface area contributed by atoms with Crippen molar-refractivity contribution in [1.29, 1.82) is 0 Å². The fourth-order valence-corrected chi connectivity index (χ4v) is 7.29. The van der Waals surface area contributed by atoms with Crippen LogP contribution in [0.5, 0.6) is 0 Å². The van der Waals surface area contributed by atoms with Crippen molar-refractivity contribution in [3.8, 4) is 0 Å². The van der Waals surface area contributed by atoms with Crippen molar-refractivity contribution in [2.75, 3.05) is 24.7 Å². The monoisotopic (exact) mass is 521 g/mol. The summed E-state index contributed by atoms with van der Waals surface area (Å²) in [6.07, 6.45) is 15.4. The Labute approximate surface area is 224 Å². The summed E-state index contributed by atoms with van der Waals surface area (Å²) in [6.45, 7) is 9.45. The van der Waals surface area contributed by atoms with E-state index in [-0.39, 0.29) is 36.5 Å². The molecule has 3 fully saturated rings. The number of aliphatic hydroxyl groups is 3. The molecule has 0 aromatic carbocycles. The molecule has 8 heteroatoms. The Kier molecular flexibility index (Phi) is 7.33. The van der Waals surface area contributed by atoms with Gasteiger partial charge in [-0.3, -0.25) is 0 Å². The second kappa shape index (κ2) is 10.4. The smallest absolute Gasteiger partial charge is 0.343 e. The molecule has 8 nitrogen and oxygen atoms in total. The van der Waals surface area contributed by atoms with Gasteiger partial charge in [0.1, 0.15) is 5.76 Å². The predicted molar refractivity (Wildman–Crippen MR) is 145 cm³/mol. The van der Waals surface area contributed by atoms with Crippen LogP contribution in [0, 0.1) is 22.7 Å². The van der Waals surface area contributed by atoms with E-state index in [4.69, 9.17) is 4.74 Å².